The van der Waals surface area contributed by atoms with Crippen LogP contribution in [0.1, 0.15) is 25.2 Å². The third-order valence-corrected chi connectivity index (χ3v) is 4.26. The van der Waals surface area contributed by atoms with Crippen LogP contribution in [0, 0.1) is 0 Å². The molecule has 1 aromatic carbocycles. The van der Waals surface area contributed by atoms with E-state index < -0.39 is 23.4 Å². The van der Waals surface area contributed by atoms with E-state index in [4.69, 9.17) is 4.42 Å². The van der Waals surface area contributed by atoms with Gasteiger partial charge in [-0.15, -0.1) is 0 Å². The van der Waals surface area contributed by atoms with Gasteiger partial charge in [0.1, 0.15) is 12.3 Å². The van der Waals surface area contributed by atoms with Crippen molar-refractivity contribution in [2.45, 2.75) is 25.8 Å². The van der Waals surface area contributed by atoms with Gasteiger partial charge in [-0.1, -0.05) is 25.1 Å². The molecular formula is C18H19N3O4. The smallest absolute Gasteiger partial charge is 0.325 e. The molecule has 0 radical (unpaired) electrons. The Labute approximate surface area is 145 Å². The molecule has 2 N–H and O–H groups in total. The molecule has 1 saturated heterocycles. The Kier molecular flexibility index (Phi) is 4.31. The number of carbonyl (C=O) groups excluding carboxylic acids is 3. The molecule has 1 fully saturated rings. The third-order valence-electron chi connectivity index (χ3n) is 4.26. The maximum Gasteiger partial charge on any atom is 0.325 e. The van der Waals surface area contributed by atoms with Crippen molar-refractivity contribution in [3.63, 3.8) is 0 Å². The highest BCUT2D eigenvalue weighted by atomic mass is 16.3. The predicted molar refractivity (Wildman–Crippen MR) is 90.8 cm³/mol. The molecule has 0 bridgehead atoms. The van der Waals surface area contributed by atoms with Gasteiger partial charge in [0, 0.05) is 5.69 Å². The van der Waals surface area contributed by atoms with E-state index in [-0.39, 0.29) is 6.54 Å². The number of imide groups is 1. The topological polar surface area (TPSA) is 91.7 Å². The summed E-state index contributed by atoms with van der Waals surface area (Å²) in [4.78, 5) is 38.0. The highest BCUT2D eigenvalue weighted by molar-refractivity contribution is 6.10. The van der Waals surface area contributed by atoms with Gasteiger partial charge in [0.2, 0.25) is 5.91 Å². The minimum atomic E-state index is -1.30. The molecule has 1 aromatic heterocycles. The summed E-state index contributed by atoms with van der Waals surface area (Å²) < 4.78 is 5.26. The second kappa shape index (κ2) is 6.43. The van der Waals surface area contributed by atoms with Crippen LogP contribution in [0.4, 0.5) is 10.5 Å². The molecule has 2 heterocycles. The van der Waals surface area contributed by atoms with Crippen LogP contribution in [-0.2, 0) is 21.5 Å². The summed E-state index contributed by atoms with van der Waals surface area (Å²) in [6.45, 7) is 3.17. The molecule has 0 spiro atoms. The van der Waals surface area contributed by atoms with Crippen molar-refractivity contribution in [1.29, 1.82) is 0 Å². The van der Waals surface area contributed by atoms with Crippen LogP contribution in [0.25, 0.3) is 0 Å². The first-order valence-corrected chi connectivity index (χ1v) is 8.01. The molecule has 25 heavy (non-hydrogen) atoms. The monoisotopic (exact) mass is 341 g/mol. The fourth-order valence-corrected chi connectivity index (χ4v) is 2.85. The first kappa shape index (κ1) is 16.8. The molecule has 2 aromatic rings. The van der Waals surface area contributed by atoms with Crippen molar-refractivity contribution < 1.29 is 18.8 Å². The highest BCUT2D eigenvalue weighted by Gasteiger charge is 2.51. The number of nitrogens with one attached hydrogen (secondary N) is 2. The number of amides is 4. The van der Waals surface area contributed by atoms with Gasteiger partial charge >= 0.3 is 6.03 Å². The Hall–Kier alpha value is -3.09. The summed E-state index contributed by atoms with van der Waals surface area (Å²) in [6, 6.07) is 10.0. The number of carbonyl (C=O) groups is 3. The van der Waals surface area contributed by atoms with E-state index in [2.05, 4.69) is 10.6 Å². The normalized spacial score (nSPS) is 19.8. The molecule has 4 amide bonds. The van der Waals surface area contributed by atoms with E-state index in [0.717, 1.165) is 16.9 Å². The number of rotatable bonds is 5. The minimum absolute atomic E-state index is 0.324. The first-order chi connectivity index (χ1) is 12.0. The van der Waals surface area contributed by atoms with Crippen LogP contribution in [-0.4, -0.2) is 29.3 Å². The molecular weight excluding hydrogens is 322 g/mol. The van der Waals surface area contributed by atoms with Gasteiger partial charge in [-0.05, 0) is 37.1 Å². The quantitative estimate of drug-likeness (QED) is 0.816. The number of para-hydroxylation sites is 1. The number of hydrogen-bond donors (Lipinski definition) is 2. The maximum absolute atomic E-state index is 12.6. The van der Waals surface area contributed by atoms with E-state index in [9.17, 15) is 14.4 Å². The van der Waals surface area contributed by atoms with Crippen LogP contribution < -0.4 is 10.6 Å². The van der Waals surface area contributed by atoms with E-state index in [1.54, 1.807) is 25.1 Å². The second-order valence-electron chi connectivity index (χ2n) is 5.98. The van der Waals surface area contributed by atoms with Gasteiger partial charge in [0.25, 0.3) is 5.91 Å². The van der Waals surface area contributed by atoms with E-state index >= 15 is 0 Å². The lowest BCUT2D eigenvalue weighted by Crippen LogP contribution is -2.41. The van der Waals surface area contributed by atoms with Gasteiger partial charge in [-0.25, -0.2) is 4.79 Å². The number of furan rings is 1. The Balaban J connectivity index is 1.73. The second-order valence-corrected chi connectivity index (χ2v) is 5.98. The van der Waals surface area contributed by atoms with Crippen LogP contribution in [0.5, 0.6) is 0 Å². The predicted octanol–water partition coefficient (Wildman–Crippen LogP) is 2.25. The van der Waals surface area contributed by atoms with Crippen molar-refractivity contribution in [2.24, 2.45) is 0 Å². The highest BCUT2D eigenvalue weighted by Crippen LogP contribution is 2.29. The molecule has 0 saturated carbocycles. The molecule has 1 unspecified atom stereocenters. The van der Waals surface area contributed by atoms with Crippen LogP contribution in [0.3, 0.4) is 0 Å². The molecule has 1 aliphatic rings. The Morgan fingerprint density at radius 3 is 2.68 bits per heavy atom. The van der Waals surface area contributed by atoms with Crippen molar-refractivity contribution >= 4 is 23.5 Å². The van der Waals surface area contributed by atoms with Crippen molar-refractivity contribution in [1.82, 2.24) is 10.2 Å². The largest absolute Gasteiger partial charge is 0.466 e. The Morgan fingerprint density at radius 1 is 1.24 bits per heavy atom. The number of urea groups is 1. The third kappa shape index (κ3) is 3.00. The fourth-order valence-electron chi connectivity index (χ4n) is 2.85. The molecule has 1 aliphatic heterocycles. The summed E-state index contributed by atoms with van der Waals surface area (Å²) in [5, 5.41) is 5.34. The Morgan fingerprint density at radius 2 is 2.00 bits per heavy atom. The fraction of sp³-hybridized carbons (Fsp3) is 0.278. The number of hydrogen-bond acceptors (Lipinski definition) is 4. The summed E-state index contributed by atoms with van der Waals surface area (Å²) in [5.74, 6) is -0.635. The minimum Gasteiger partial charge on any atom is -0.466 e. The zero-order valence-corrected chi connectivity index (χ0v) is 14.0. The lowest BCUT2D eigenvalue weighted by atomic mass is 9.99. The van der Waals surface area contributed by atoms with Crippen molar-refractivity contribution in [3.8, 4) is 0 Å². The lowest BCUT2D eigenvalue weighted by molar-refractivity contribution is -0.134. The molecule has 3 rings (SSSR count). The number of benzene rings is 1. The Bertz CT molecular complexity index is 815. The number of aryl methyl sites for hydroxylation is 1. The van der Waals surface area contributed by atoms with E-state index in [1.165, 1.54) is 6.26 Å². The molecule has 130 valence electrons. The maximum atomic E-state index is 12.6. The zero-order chi connectivity index (χ0) is 18.0. The van der Waals surface area contributed by atoms with Gasteiger partial charge in [0.05, 0.1) is 6.26 Å². The molecule has 7 nitrogen and oxygen atoms in total. The van der Waals surface area contributed by atoms with E-state index in [0.29, 0.717) is 11.4 Å². The SMILES string of the molecule is CCc1ccccc1NC(=O)CN1C(=O)NC(C)(c2ccco2)C1=O. The lowest BCUT2D eigenvalue weighted by Gasteiger charge is -2.19. The van der Waals surface area contributed by atoms with Gasteiger partial charge in [-0.2, -0.15) is 0 Å². The van der Waals surface area contributed by atoms with Gasteiger partial charge in [-0.3, -0.25) is 14.5 Å². The first-order valence-electron chi connectivity index (χ1n) is 8.01. The summed E-state index contributed by atoms with van der Waals surface area (Å²) >= 11 is 0. The van der Waals surface area contributed by atoms with E-state index in [1.807, 2.05) is 25.1 Å². The number of nitrogens with zero attached hydrogens (tertiary/aromatic N) is 1. The number of anilines is 1. The zero-order valence-electron chi connectivity index (χ0n) is 14.0. The molecule has 0 aliphatic carbocycles. The standard InChI is InChI=1S/C18H19N3O4/c1-3-12-7-4-5-8-13(12)19-15(22)11-21-16(23)18(2,20-17(21)24)14-9-6-10-25-14/h4-10H,3,11H2,1-2H3,(H,19,22)(H,20,24). The van der Waals surface area contributed by atoms with Crippen LogP contribution >= 0.6 is 0 Å². The average molecular weight is 341 g/mol. The van der Waals surface area contributed by atoms with Crippen molar-refractivity contribution in [3.05, 3.63) is 54.0 Å². The summed E-state index contributed by atoms with van der Waals surface area (Å²) in [5.41, 5.74) is 0.353. The molecule has 1 atom stereocenters. The van der Waals surface area contributed by atoms with Crippen LogP contribution in [0.15, 0.2) is 47.1 Å². The summed E-state index contributed by atoms with van der Waals surface area (Å²) in [6.07, 6.45) is 2.19. The average Bonchev–Trinajstić information content (AvgIpc) is 3.20. The van der Waals surface area contributed by atoms with Crippen LogP contribution in [0.2, 0.25) is 0 Å². The van der Waals surface area contributed by atoms with Gasteiger partial charge in [0.15, 0.2) is 5.54 Å². The summed E-state index contributed by atoms with van der Waals surface area (Å²) in [7, 11) is 0. The molecule has 7 heteroatoms. The van der Waals surface area contributed by atoms with Gasteiger partial charge < -0.3 is 15.1 Å². The van der Waals surface area contributed by atoms with Crippen molar-refractivity contribution in [2.75, 3.05) is 11.9 Å².